The van der Waals surface area contributed by atoms with Crippen molar-refractivity contribution >= 4 is 11.7 Å². The Bertz CT molecular complexity index is 516. The van der Waals surface area contributed by atoms with E-state index in [1.54, 1.807) is 0 Å². The maximum Gasteiger partial charge on any atom is 0.223 e. The molecule has 0 radical (unpaired) electrons. The number of likely N-dealkylation sites (tertiary alicyclic amines) is 1. The SMILES string of the molecule is CCC1CC(=O)N(CC(=O)c2cc(F)ccc2F)C1. The van der Waals surface area contributed by atoms with Crippen molar-refractivity contribution < 1.29 is 18.4 Å². The molecule has 1 fully saturated rings. The lowest BCUT2D eigenvalue weighted by Crippen LogP contribution is -2.31. The van der Waals surface area contributed by atoms with Gasteiger partial charge in [0.25, 0.3) is 0 Å². The Hall–Kier alpha value is -1.78. The standard InChI is InChI=1S/C14H15F2NO2/c1-2-9-5-14(19)17(7-9)8-13(18)11-6-10(15)3-4-12(11)16/h3-4,6,9H,2,5,7-8H2,1H3. The Morgan fingerprint density at radius 3 is 2.79 bits per heavy atom. The van der Waals surface area contributed by atoms with E-state index in [0.29, 0.717) is 13.0 Å². The lowest BCUT2D eigenvalue weighted by Gasteiger charge is -2.15. The topological polar surface area (TPSA) is 37.4 Å². The number of Topliss-reactive ketones (excluding diaryl/α,β-unsaturated/α-hetero) is 1. The zero-order valence-corrected chi connectivity index (χ0v) is 10.7. The summed E-state index contributed by atoms with van der Waals surface area (Å²) >= 11 is 0. The van der Waals surface area contributed by atoms with Gasteiger partial charge in [0.2, 0.25) is 5.91 Å². The molecule has 2 rings (SSSR count). The van der Waals surface area contributed by atoms with Crippen LogP contribution in [0.5, 0.6) is 0 Å². The van der Waals surface area contributed by atoms with Gasteiger partial charge in [0.1, 0.15) is 11.6 Å². The second-order valence-corrected chi connectivity index (χ2v) is 4.80. The van der Waals surface area contributed by atoms with Crippen molar-refractivity contribution in [1.29, 1.82) is 0 Å². The number of amides is 1. The van der Waals surface area contributed by atoms with E-state index in [1.165, 1.54) is 4.90 Å². The summed E-state index contributed by atoms with van der Waals surface area (Å²) in [5.41, 5.74) is -0.298. The summed E-state index contributed by atoms with van der Waals surface area (Å²) in [5, 5.41) is 0. The van der Waals surface area contributed by atoms with Gasteiger partial charge >= 0.3 is 0 Å². The molecular weight excluding hydrogens is 252 g/mol. The minimum atomic E-state index is -0.759. The van der Waals surface area contributed by atoms with Crippen LogP contribution in [-0.2, 0) is 4.79 Å². The van der Waals surface area contributed by atoms with Crippen LogP contribution in [0.2, 0.25) is 0 Å². The summed E-state index contributed by atoms with van der Waals surface area (Å²) in [6, 6.07) is 2.75. The number of rotatable bonds is 4. The summed E-state index contributed by atoms with van der Waals surface area (Å²) in [5.74, 6) is -1.84. The fourth-order valence-electron chi connectivity index (χ4n) is 2.25. The van der Waals surface area contributed by atoms with Crippen LogP contribution in [0.4, 0.5) is 8.78 Å². The molecule has 102 valence electrons. The smallest absolute Gasteiger partial charge is 0.223 e. The van der Waals surface area contributed by atoms with E-state index < -0.39 is 17.4 Å². The molecule has 0 aliphatic carbocycles. The summed E-state index contributed by atoms with van der Waals surface area (Å²) in [7, 11) is 0. The Morgan fingerprint density at radius 1 is 1.42 bits per heavy atom. The molecule has 1 aromatic rings. The molecule has 1 aromatic carbocycles. The molecule has 1 atom stereocenters. The molecule has 1 aliphatic heterocycles. The highest BCUT2D eigenvalue weighted by Gasteiger charge is 2.30. The van der Waals surface area contributed by atoms with Crippen molar-refractivity contribution in [2.45, 2.75) is 19.8 Å². The zero-order chi connectivity index (χ0) is 14.0. The van der Waals surface area contributed by atoms with Gasteiger partial charge in [-0.15, -0.1) is 0 Å². The third kappa shape index (κ3) is 2.97. The molecule has 1 amide bonds. The van der Waals surface area contributed by atoms with Gasteiger partial charge in [0, 0.05) is 13.0 Å². The van der Waals surface area contributed by atoms with Gasteiger partial charge in [-0.2, -0.15) is 0 Å². The predicted octanol–water partition coefficient (Wildman–Crippen LogP) is 2.41. The lowest BCUT2D eigenvalue weighted by molar-refractivity contribution is -0.127. The van der Waals surface area contributed by atoms with Gasteiger partial charge in [-0.3, -0.25) is 9.59 Å². The molecule has 1 aliphatic rings. The normalized spacial score (nSPS) is 19.0. The largest absolute Gasteiger partial charge is 0.335 e. The molecule has 0 bridgehead atoms. The second-order valence-electron chi connectivity index (χ2n) is 4.80. The zero-order valence-electron chi connectivity index (χ0n) is 10.7. The van der Waals surface area contributed by atoms with Crippen LogP contribution in [0, 0.1) is 17.6 Å². The van der Waals surface area contributed by atoms with Crippen LogP contribution in [0.15, 0.2) is 18.2 Å². The van der Waals surface area contributed by atoms with Crippen molar-refractivity contribution in [3.05, 3.63) is 35.4 Å². The maximum atomic E-state index is 13.4. The number of benzene rings is 1. The fraction of sp³-hybridized carbons (Fsp3) is 0.429. The second kappa shape index (κ2) is 5.47. The van der Waals surface area contributed by atoms with Gasteiger partial charge in [-0.05, 0) is 24.1 Å². The fourth-order valence-corrected chi connectivity index (χ4v) is 2.25. The van der Waals surface area contributed by atoms with Crippen molar-refractivity contribution in [3.63, 3.8) is 0 Å². The number of carbonyl (C=O) groups is 2. The molecule has 0 saturated carbocycles. The molecule has 3 nitrogen and oxygen atoms in total. The Balaban J connectivity index is 2.09. The van der Waals surface area contributed by atoms with Crippen molar-refractivity contribution in [3.8, 4) is 0 Å². The molecule has 1 heterocycles. The Labute approximate surface area is 110 Å². The van der Waals surface area contributed by atoms with E-state index in [0.717, 1.165) is 24.6 Å². The first kappa shape index (κ1) is 13.6. The first-order chi connectivity index (χ1) is 9.01. The number of carbonyl (C=O) groups excluding carboxylic acids is 2. The van der Waals surface area contributed by atoms with Gasteiger partial charge in [0.05, 0.1) is 12.1 Å². The van der Waals surface area contributed by atoms with E-state index in [9.17, 15) is 18.4 Å². The Morgan fingerprint density at radius 2 is 2.16 bits per heavy atom. The third-order valence-corrected chi connectivity index (χ3v) is 3.44. The first-order valence-electron chi connectivity index (χ1n) is 6.27. The summed E-state index contributed by atoms with van der Waals surface area (Å²) in [6.45, 7) is 2.31. The Kier molecular flexibility index (Phi) is 3.93. The van der Waals surface area contributed by atoms with Crippen LogP contribution >= 0.6 is 0 Å². The van der Waals surface area contributed by atoms with Crippen molar-refractivity contribution in [2.24, 2.45) is 5.92 Å². The summed E-state index contributed by atoms with van der Waals surface area (Å²) < 4.78 is 26.5. The van der Waals surface area contributed by atoms with Gasteiger partial charge < -0.3 is 4.90 Å². The minimum absolute atomic E-state index is 0.1000. The molecule has 0 aromatic heterocycles. The molecule has 1 saturated heterocycles. The highest BCUT2D eigenvalue weighted by Crippen LogP contribution is 2.21. The third-order valence-electron chi connectivity index (χ3n) is 3.44. The lowest BCUT2D eigenvalue weighted by atomic mass is 10.1. The van der Waals surface area contributed by atoms with E-state index >= 15 is 0 Å². The number of hydrogen-bond donors (Lipinski definition) is 0. The molecule has 1 unspecified atom stereocenters. The average Bonchev–Trinajstić information content (AvgIpc) is 2.73. The molecule has 5 heteroatoms. The van der Waals surface area contributed by atoms with E-state index in [-0.39, 0.29) is 23.9 Å². The molecule has 0 N–H and O–H groups in total. The number of ketones is 1. The maximum absolute atomic E-state index is 13.4. The molecule has 19 heavy (non-hydrogen) atoms. The van der Waals surface area contributed by atoms with E-state index in [1.807, 2.05) is 6.92 Å². The van der Waals surface area contributed by atoms with Gasteiger partial charge in [-0.25, -0.2) is 8.78 Å². The predicted molar refractivity (Wildman–Crippen MR) is 65.7 cm³/mol. The van der Waals surface area contributed by atoms with Crippen LogP contribution in [-0.4, -0.2) is 29.7 Å². The van der Waals surface area contributed by atoms with Gasteiger partial charge in [-0.1, -0.05) is 13.3 Å². The quantitative estimate of drug-likeness (QED) is 0.786. The molecule has 0 spiro atoms. The van der Waals surface area contributed by atoms with Crippen LogP contribution in [0.25, 0.3) is 0 Å². The minimum Gasteiger partial charge on any atom is -0.335 e. The van der Waals surface area contributed by atoms with Crippen molar-refractivity contribution in [1.82, 2.24) is 4.90 Å². The molecular formula is C14H15F2NO2. The monoisotopic (exact) mass is 267 g/mol. The first-order valence-corrected chi connectivity index (χ1v) is 6.27. The highest BCUT2D eigenvalue weighted by molar-refractivity contribution is 5.99. The van der Waals surface area contributed by atoms with Crippen LogP contribution in [0.3, 0.4) is 0 Å². The number of halogens is 2. The average molecular weight is 267 g/mol. The van der Waals surface area contributed by atoms with Gasteiger partial charge in [0.15, 0.2) is 5.78 Å². The van der Waals surface area contributed by atoms with Crippen LogP contribution in [0.1, 0.15) is 30.1 Å². The highest BCUT2D eigenvalue weighted by atomic mass is 19.1. The van der Waals surface area contributed by atoms with E-state index in [4.69, 9.17) is 0 Å². The van der Waals surface area contributed by atoms with E-state index in [2.05, 4.69) is 0 Å². The van der Waals surface area contributed by atoms with Crippen molar-refractivity contribution in [2.75, 3.05) is 13.1 Å². The van der Waals surface area contributed by atoms with Crippen LogP contribution < -0.4 is 0 Å². The summed E-state index contributed by atoms with van der Waals surface area (Å²) in [6.07, 6.45) is 1.29. The summed E-state index contributed by atoms with van der Waals surface area (Å²) in [4.78, 5) is 25.0. The number of hydrogen-bond acceptors (Lipinski definition) is 2. The number of nitrogens with zero attached hydrogens (tertiary/aromatic N) is 1.